The van der Waals surface area contributed by atoms with Gasteiger partial charge >= 0.3 is 0 Å². The number of carbonyl (C=O) groups excluding carboxylic acids is 1. The summed E-state index contributed by atoms with van der Waals surface area (Å²) < 4.78 is 1.38. The number of carbonyl (C=O) groups is 1. The number of ketones is 1. The Hall–Kier alpha value is 0.140. The molecule has 2 heteroatoms. The summed E-state index contributed by atoms with van der Waals surface area (Å²) in [5.41, 5.74) is -0.0885. The third-order valence-electron chi connectivity index (χ3n) is 3.30. The molecule has 0 aromatic heterocycles. The zero-order chi connectivity index (χ0) is 8.77. The fourth-order valence-corrected chi connectivity index (χ4v) is 3.62. The normalized spacial score (nSPS) is 41.0. The Bertz CT molecular complexity index is 257. The minimum atomic E-state index is -0.0885. The van der Waals surface area contributed by atoms with Crippen molar-refractivity contribution in [3.8, 4) is 0 Å². The van der Waals surface area contributed by atoms with Gasteiger partial charge in [-0.2, -0.15) is 0 Å². The maximum atomic E-state index is 11.7. The first-order chi connectivity index (χ1) is 5.63. The summed E-state index contributed by atoms with van der Waals surface area (Å²) in [6.07, 6.45) is 6.48. The van der Waals surface area contributed by atoms with Crippen LogP contribution < -0.4 is 0 Å². The Morgan fingerprint density at radius 3 is 3.08 bits per heavy atom. The number of hydrogen-bond donors (Lipinski definition) is 0. The molecule has 0 amide bonds. The van der Waals surface area contributed by atoms with E-state index in [-0.39, 0.29) is 5.41 Å². The average Bonchev–Trinajstić information content (AvgIpc) is 2.27. The first-order valence-electron chi connectivity index (χ1n) is 4.53. The van der Waals surface area contributed by atoms with E-state index < -0.39 is 0 Å². The quantitative estimate of drug-likeness (QED) is 0.621. The molecule has 0 heterocycles. The van der Waals surface area contributed by atoms with Crippen molar-refractivity contribution in [3.63, 3.8) is 0 Å². The maximum Gasteiger partial charge on any atom is 0.142 e. The van der Waals surface area contributed by atoms with E-state index in [4.69, 9.17) is 0 Å². The SMILES string of the molecule is C[C@@]12C=C(I)C[C@@H]1CCCC2=O. The minimum Gasteiger partial charge on any atom is -0.299 e. The van der Waals surface area contributed by atoms with Gasteiger partial charge in [-0.25, -0.2) is 0 Å². The molecule has 0 N–H and O–H groups in total. The number of rotatable bonds is 0. The van der Waals surface area contributed by atoms with Crippen LogP contribution in [0.2, 0.25) is 0 Å². The highest BCUT2D eigenvalue weighted by atomic mass is 127. The van der Waals surface area contributed by atoms with Crippen LogP contribution in [0.5, 0.6) is 0 Å². The summed E-state index contributed by atoms with van der Waals surface area (Å²) in [5.74, 6) is 1.08. The topological polar surface area (TPSA) is 17.1 Å². The molecule has 0 aromatic carbocycles. The third kappa shape index (κ3) is 1.15. The molecule has 2 aliphatic rings. The van der Waals surface area contributed by atoms with Gasteiger partial charge in [-0.3, -0.25) is 4.79 Å². The van der Waals surface area contributed by atoms with E-state index in [0.29, 0.717) is 11.7 Å². The average molecular weight is 276 g/mol. The van der Waals surface area contributed by atoms with Crippen LogP contribution in [-0.2, 0) is 4.79 Å². The molecule has 2 rings (SSSR count). The Labute approximate surface area is 86.7 Å². The highest BCUT2D eigenvalue weighted by Crippen LogP contribution is 2.49. The molecule has 2 aliphatic carbocycles. The van der Waals surface area contributed by atoms with Crippen molar-refractivity contribution in [2.75, 3.05) is 0 Å². The van der Waals surface area contributed by atoms with Crippen molar-refractivity contribution in [3.05, 3.63) is 9.66 Å². The molecule has 66 valence electrons. The molecule has 0 aliphatic heterocycles. The van der Waals surface area contributed by atoms with E-state index in [2.05, 4.69) is 35.6 Å². The Morgan fingerprint density at radius 2 is 2.42 bits per heavy atom. The van der Waals surface area contributed by atoms with Crippen LogP contribution in [0.25, 0.3) is 0 Å². The fraction of sp³-hybridized carbons (Fsp3) is 0.700. The molecule has 2 atom stereocenters. The number of allylic oxidation sites excluding steroid dienone is 2. The number of fused-ring (bicyclic) bond motifs is 1. The number of halogens is 1. The zero-order valence-corrected chi connectivity index (χ0v) is 9.43. The Morgan fingerprint density at radius 1 is 1.67 bits per heavy atom. The minimum absolute atomic E-state index is 0.0885. The fourth-order valence-electron chi connectivity index (χ4n) is 2.44. The first kappa shape index (κ1) is 8.73. The predicted molar refractivity (Wildman–Crippen MR) is 57.2 cm³/mol. The lowest BCUT2D eigenvalue weighted by atomic mass is 9.69. The molecule has 0 unspecified atom stereocenters. The van der Waals surface area contributed by atoms with Crippen LogP contribution in [0.1, 0.15) is 32.6 Å². The maximum absolute atomic E-state index is 11.7. The van der Waals surface area contributed by atoms with E-state index in [1.165, 1.54) is 10.0 Å². The molecule has 12 heavy (non-hydrogen) atoms. The first-order valence-corrected chi connectivity index (χ1v) is 5.61. The van der Waals surface area contributed by atoms with Crippen LogP contribution in [0.3, 0.4) is 0 Å². The van der Waals surface area contributed by atoms with Crippen molar-refractivity contribution in [1.82, 2.24) is 0 Å². The van der Waals surface area contributed by atoms with Gasteiger partial charge in [0.2, 0.25) is 0 Å². The molecule has 0 spiro atoms. The summed E-state index contributed by atoms with van der Waals surface area (Å²) >= 11 is 2.37. The van der Waals surface area contributed by atoms with E-state index in [1.54, 1.807) is 0 Å². The molecule has 0 radical (unpaired) electrons. The Kier molecular flexibility index (Phi) is 2.05. The van der Waals surface area contributed by atoms with E-state index in [0.717, 1.165) is 19.3 Å². The molecule has 0 aromatic rings. The summed E-state index contributed by atoms with van der Waals surface area (Å²) in [6.45, 7) is 2.12. The highest BCUT2D eigenvalue weighted by molar-refractivity contribution is 14.1. The van der Waals surface area contributed by atoms with Gasteiger partial charge < -0.3 is 0 Å². The van der Waals surface area contributed by atoms with E-state index in [9.17, 15) is 4.79 Å². The lowest BCUT2D eigenvalue weighted by Crippen LogP contribution is -2.34. The van der Waals surface area contributed by atoms with Gasteiger partial charge in [0, 0.05) is 11.8 Å². The van der Waals surface area contributed by atoms with Crippen LogP contribution >= 0.6 is 22.6 Å². The second kappa shape index (κ2) is 2.82. The zero-order valence-electron chi connectivity index (χ0n) is 7.27. The number of hydrogen-bond acceptors (Lipinski definition) is 1. The standard InChI is InChI=1S/C10H13IO/c1-10-6-8(11)5-7(10)3-2-4-9(10)12/h6-7H,2-5H2,1H3/t7-,10+/m0/s1. The summed E-state index contributed by atoms with van der Waals surface area (Å²) in [5, 5.41) is 0. The van der Waals surface area contributed by atoms with Gasteiger partial charge in [-0.15, -0.1) is 0 Å². The molecular weight excluding hydrogens is 263 g/mol. The second-order valence-corrected chi connectivity index (χ2v) is 5.48. The van der Waals surface area contributed by atoms with Gasteiger partial charge in [-0.1, -0.05) is 6.08 Å². The van der Waals surface area contributed by atoms with Crippen molar-refractivity contribution in [2.45, 2.75) is 32.6 Å². The predicted octanol–water partition coefficient (Wildman–Crippen LogP) is 3.08. The summed E-state index contributed by atoms with van der Waals surface area (Å²) in [4.78, 5) is 11.7. The molecular formula is C10H13IO. The van der Waals surface area contributed by atoms with Crippen molar-refractivity contribution < 1.29 is 4.79 Å². The molecule has 0 bridgehead atoms. The molecule has 1 nitrogen and oxygen atoms in total. The van der Waals surface area contributed by atoms with Crippen LogP contribution in [0.4, 0.5) is 0 Å². The number of Topliss-reactive ketones (excluding diaryl/α,β-unsaturated/α-hetero) is 1. The van der Waals surface area contributed by atoms with E-state index in [1.807, 2.05) is 0 Å². The van der Waals surface area contributed by atoms with Gasteiger partial charge in [0.1, 0.15) is 5.78 Å². The smallest absolute Gasteiger partial charge is 0.142 e. The molecule has 1 fully saturated rings. The molecule has 1 saturated carbocycles. The Balaban J connectivity index is 2.33. The van der Waals surface area contributed by atoms with Gasteiger partial charge in [0.15, 0.2) is 0 Å². The van der Waals surface area contributed by atoms with Crippen molar-refractivity contribution in [2.24, 2.45) is 11.3 Å². The van der Waals surface area contributed by atoms with Crippen LogP contribution in [-0.4, -0.2) is 5.78 Å². The lowest BCUT2D eigenvalue weighted by molar-refractivity contribution is -0.129. The van der Waals surface area contributed by atoms with Crippen molar-refractivity contribution >= 4 is 28.4 Å². The van der Waals surface area contributed by atoms with Crippen molar-refractivity contribution in [1.29, 1.82) is 0 Å². The lowest BCUT2D eigenvalue weighted by Gasteiger charge is -2.33. The molecule has 0 saturated heterocycles. The van der Waals surface area contributed by atoms with E-state index >= 15 is 0 Å². The third-order valence-corrected chi connectivity index (χ3v) is 4.05. The van der Waals surface area contributed by atoms with Gasteiger partial charge in [-0.05, 0) is 58.3 Å². The van der Waals surface area contributed by atoms with Gasteiger partial charge in [0.25, 0.3) is 0 Å². The summed E-state index contributed by atoms with van der Waals surface area (Å²) in [6, 6.07) is 0. The second-order valence-electron chi connectivity index (χ2n) is 4.09. The largest absolute Gasteiger partial charge is 0.299 e. The van der Waals surface area contributed by atoms with Crippen LogP contribution in [0, 0.1) is 11.3 Å². The monoisotopic (exact) mass is 276 g/mol. The highest BCUT2D eigenvalue weighted by Gasteiger charge is 2.45. The van der Waals surface area contributed by atoms with Crippen LogP contribution in [0.15, 0.2) is 9.66 Å². The van der Waals surface area contributed by atoms with Gasteiger partial charge in [0.05, 0.1) is 0 Å². The summed E-state index contributed by atoms with van der Waals surface area (Å²) in [7, 11) is 0.